The van der Waals surface area contributed by atoms with Crippen LogP contribution in [0.4, 0.5) is 0 Å². The van der Waals surface area contributed by atoms with Gasteiger partial charge in [0.05, 0.1) is 43.1 Å². The highest BCUT2D eigenvalue weighted by atomic mass is 16.5. The van der Waals surface area contributed by atoms with E-state index in [9.17, 15) is 0 Å². The number of ether oxygens (including phenoxy) is 3. The number of hydrogen-bond acceptors (Lipinski definition) is 5. The number of rotatable bonds is 11. The fourth-order valence-electron chi connectivity index (χ4n) is 4.14. The lowest BCUT2D eigenvalue weighted by Crippen LogP contribution is -2.49. The van der Waals surface area contributed by atoms with Crippen molar-refractivity contribution in [3.05, 3.63) is 0 Å². The van der Waals surface area contributed by atoms with Crippen LogP contribution in [-0.2, 0) is 14.2 Å². The Morgan fingerprint density at radius 1 is 0.611 bits per heavy atom. The van der Waals surface area contributed by atoms with Crippen molar-refractivity contribution in [2.75, 3.05) is 59.1 Å². The van der Waals surface area contributed by atoms with Crippen LogP contribution in [0.2, 0.25) is 0 Å². The van der Waals surface area contributed by atoms with E-state index in [0.29, 0.717) is 18.4 Å². The second kappa shape index (κ2) is 13.1. The lowest BCUT2D eigenvalue weighted by atomic mass is 9.84. The Morgan fingerprint density at radius 3 is 1.64 bits per heavy atom. The third-order valence-corrected chi connectivity index (χ3v) is 6.61. The smallest absolute Gasteiger partial charge is 0.108 e. The van der Waals surface area contributed by atoms with E-state index in [2.05, 4.69) is 103 Å². The molecular weight excluding hydrogens is 448 g/mol. The normalized spacial score (nSPS) is 18.6. The second-order valence-electron chi connectivity index (χ2n) is 14.1. The fraction of sp³-hybridized carbons (Fsp3) is 0.871. The molecule has 5 nitrogen and oxygen atoms in total. The van der Waals surface area contributed by atoms with Crippen LogP contribution in [0.1, 0.15) is 82.1 Å². The first-order chi connectivity index (χ1) is 16.5. The molecule has 2 aliphatic rings. The molecule has 0 radical (unpaired) electrons. The van der Waals surface area contributed by atoms with E-state index in [0.717, 1.165) is 65.3 Å². The largest absolute Gasteiger partial charge is 0.375 e. The first-order valence-corrected chi connectivity index (χ1v) is 13.8. The minimum Gasteiger partial charge on any atom is -0.375 e. The van der Waals surface area contributed by atoms with Gasteiger partial charge < -0.3 is 14.2 Å². The Kier molecular flexibility index (Phi) is 11.4. The third-order valence-electron chi connectivity index (χ3n) is 6.61. The molecule has 36 heavy (non-hydrogen) atoms. The molecule has 2 saturated heterocycles. The van der Waals surface area contributed by atoms with Crippen molar-refractivity contribution in [2.24, 2.45) is 17.3 Å². The summed E-state index contributed by atoms with van der Waals surface area (Å²) < 4.78 is 17.9. The zero-order valence-electron chi connectivity index (χ0n) is 25.1. The first-order valence-electron chi connectivity index (χ1n) is 13.8. The molecule has 0 saturated carbocycles. The van der Waals surface area contributed by atoms with Crippen molar-refractivity contribution >= 4 is 0 Å². The van der Waals surface area contributed by atoms with Gasteiger partial charge in [0.25, 0.3) is 0 Å². The molecule has 0 spiro atoms. The highest BCUT2D eigenvalue weighted by Crippen LogP contribution is 2.29. The van der Waals surface area contributed by atoms with Gasteiger partial charge in [-0.2, -0.15) is 0 Å². The number of nitrogens with zero attached hydrogens (tertiary/aromatic N) is 2. The van der Waals surface area contributed by atoms with Gasteiger partial charge >= 0.3 is 0 Å². The van der Waals surface area contributed by atoms with E-state index in [1.165, 1.54) is 0 Å². The Morgan fingerprint density at radius 2 is 1.11 bits per heavy atom. The van der Waals surface area contributed by atoms with Gasteiger partial charge in [0.1, 0.15) is 6.61 Å². The number of likely N-dealkylation sites (tertiary alicyclic amines) is 2. The summed E-state index contributed by atoms with van der Waals surface area (Å²) in [5, 5.41) is 0. The van der Waals surface area contributed by atoms with Gasteiger partial charge in [-0.25, -0.2) is 0 Å². The summed E-state index contributed by atoms with van der Waals surface area (Å²) >= 11 is 0. The molecule has 206 valence electrons. The quantitative estimate of drug-likeness (QED) is 0.368. The predicted molar refractivity (Wildman–Crippen MR) is 150 cm³/mol. The van der Waals surface area contributed by atoms with Gasteiger partial charge in [-0.05, 0) is 82.1 Å². The maximum Gasteiger partial charge on any atom is 0.108 e. The molecule has 0 aromatic carbocycles. The first kappa shape index (κ1) is 31.1. The van der Waals surface area contributed by atoms with Crippen LogP contribution < -0.4 is 0 Å². The van der Waals surface area contributed by atoms with Crippen molar-refractivity contribution in [1.29, 1.82) is 0 Å². The van der Waals surface area contributed by atoms with Crippen molar-refractivity contribution in [1.82, 2.24) is 9.80 Å². The van der Waals surface area contributed by atoms with Crippen molar-refractivity contribution < 1.29 is 14.2 Å². The average molecular weight is 503 g/mol. The minimum absolute atomic E-state index is 0.00286. The maximum atomic E-state index is 6.33. The molecule has 0 aromatic rings. The zero-order chi connectivity index (χ0) is 27.0. The zero-order valence-corrected chi connectivity index (χ0v) is 25.1. The summed E-state index contributed by atoms with van der Waals surface area (Å²) in [7, 11) is 0. The highest BCUT2D eigenvalue weighted by molar-refractivity contribution is 5.11. The Hall–Kier alpha value is -1.08. The molecule has 2 rings (SSSR count). The van der Waals surface area contributed by atoms with E-state index in [1.807, 2.05) is 0 Å². The van der Waals surface area contributed by atoms with Crippen LogP contribution in [0, 0.1) is 40.9 Å². The van der Waals surface area contributed by atoms with Gasteiger partial charge in [0.2, 0.25) is 0 Å². The minimum atomic E-state index is -0.124. The third kappa shape index (κ3) is 13.5. The maximum absolute atomic E-state index is 6.33. The van der Waals surface area contributed by atoms with Gasteiger partial charge in [-0.1, -0.05) is 23.7 Å². The van der Waals surface area contributed by atoms with E-state index in [-0.39, 0.29) is 22.2 Å². The molecular formula is C31H54N2O3. The van der Waals surface area contributed by atoms with Crippen LogP contribution in [0.25, 0.3) is 0 Å². The summed E-state index contributed by atoms with van der Waals surface area (Å²) in [6.45, 7) is 29.7. The van der Waals surface area contributed by atoms with Crippen LogP contribution in [0.3, 0.4) is 0 Å². The molecule has 0 N–H and O–H groups in total. The molecule has 0 atom stereocenters. The molecule has 0 unspecified atom stereocenters. The standard InChI is InChI=1S/C31H54N2O3/c1-28(2,3)34-19-12-11-17-32-22-27(23-32)25-36-31(9,10)16-15-30(7,8)14-13-18-33-20-26(21-33)24-35-29(4,5)6/h26-27H,15-25H2,1-10H3. The van der Waals surface area contributed by atoms with Gasteiger partial charge in [0, 0.05) is 43.4 Å². The van der Waals surface area contributed by atoms with Crippen LogP contribution in [0.5, 0.6) is 0 Å². The van der Waals surface area contributed by atoms with Crippen LogP contribution in [0.15, 0.2) is 0 Å². The Labute approximate surface area is 223 Å². The van der Waals surface area contributed by atoms with E-state index >= 15 is 0 Å². The average Bonchev–Trinajstić information content (AvgIpc) is 2.66. The van der Waals surface area contributed by atoms with E-state index in [1.54, 1.807) is 0 Å². The van der Waals surface area contributed by atoms with Crippen molar-refractivity contribution in [3.63, 3.8) is 0 Å². The second-order valence-corrected chi connectivity index (χ2v) is 14.1. The molecule has 2 fully saturated rings. The van der Waals surface area contributed by atoms with Crippen molar-refractivity contribution in [2.45, 2.75) is 98.9 Å². The molecule has 0 aliphatic carbocycles. The Balaban J connectivity index is 1.57. The fourth-order valence-corrected chi connectivity index (χ4v) is 4.14. The molecule has 2 aliphatic heterocycles. The lowest BCUT2D eigenvalue weighted by Gasteiger charge is -2.40. The molecule has 0 bridgehead atoms. The SMILES string of the molecule is CC(C)(C#CCN1CC(COC(C)(C)C)C1)CCC(C)(C)OCC1CN(CC#CCOC(C)(C)C)C1. The monoisotopic (exact) mass is 502 g/mol. The summed E-state index contributed by atoms with van der Waals surface area (Å²) in [5.74, 6) is 14.6. The van der Waals surface area contributed by atoms with Crippen molar-refractivity contribution in [3.8, 4) is 23.7 Å². The molecule has 0 amide bonds. The summed E-state index contributed by atoms with van der Waals surface area (Å²) in [5.41, 5.74) is -0.288. The lowest BCUT2D eigenvalue weighted by molar-refractivity contribution is -0.0703. The van der Waals surface area contributed by atoms with Crippen LogP contribution >= 0.6 is 0 Å². The Bertz CT molecular complexity index is 786. The summed E-state index contributed by atoms with van der Waals surface area (Å²) in [6, 6.07) is 0. The van der Waals surface area contributed by atoms with Gasteiger partial charge in [-0.3, -0.25) is 9.80 Å². The summed E-state index contributed by atoms with van der Waals surface area (Å²) in [6.07, 6.45) is 2.05. The van der Waals surface area contributed by atoms with Gasteiger partial charge in [0.15, 0.2) is 0 Å². The highest BCUT2D eigenvalue weighted by Gasteiger charge is 2.30. The molecule has 0 aromatic heterocycles. The topological polar surface area (TPSA) is 34.2 Å². The van der Waals surface area contributed by atoms with E-state index in [4.69, 9.17) is 14.2 Å². The van der Waals surface area contributed by atoms with Crippen LogP contribution in [-0.4, -0.2) is 85.7 Å². The van der Waals surface area contributed by atoms with E-state index < -0.39 is 0 Å². The molecule has 2 heterocycles. The van der Waals surface area contributed by atoms with Gasteiger partial charge in [-0.15, -0.1) is 0 Å². The summed E-state index contributed by atoms with van der Waals surface area (Å²) in [4.78, 5) is 4.79. The number of hydrogen-bond donors (Lipinski definition) is 0. The molecule has 5 heteroatoms. The predicted octanol–water partition coefficient (Wildman–Crippen LogP) is 5.09.